The number of halogens is 1. The van der Waals surface area contributed by atoms with Gasteiger partial charge < -0.3 is 20.5 Å². The van der Waals surface area contributed by atoms with Crippen molar-refractivity contribution in [3.05, 3.63) is 65.7 Å². The molecule has 1 unspecified atom stereocenters. The Hall–Kier alpha value is -2.08. The summed E-state index contributed by atoms with van der Waals surface area (Å²) in [4.78, 5) is 12.9. The minimum absolute atomic E-state index is 0. The van der Waals surface area contributed by atoms with Crippen LogP contribution in [-0.2, 0) is 20.5 Å². The van der Waals surface area contributed by atoms with E-state index in [0.717, 1.165) is 24.2 Å². The molecule has 2 aromatic rings. The molecule has 0 radical (unpaired) electrons. The van der Waals surface area contributed by atoms with Crippen molar-refractivity contribution in [1.82, 2.24) is 5.32 Å². The van der Waals surface area contributed by atoms with E-state index in [1.54, 1.807) is 6.92 Å². The average Bonchev–Trinajstić information content (AvgIpc) is 2.74. The topological polar surface area (TPSA) is 73.6 Å². The largest absolute Gasteiger partial charge is 0.494 e. The molecule has 29 heavy (non-hydrogen) atoms. The van der Waals surface area contributed by atoms with Crippen LogP contribution in [0.2, 0.25) is 0 Å². The molecule has 1 aliphatic rings. The Bertz CT molecular complexity index is 772. The number of rotatable bonds is 7. The number of carbonyl (C=O) groups is 1. The molecule has 3 rings (SSSR count). The highest BCUT2D eigenvalue weighted by molar-refractivity contribution is 5.87. The van der Waals surface area contributed by atoms with Gasteiger partial charge in [0.25, 0.3) is 0 Å². The van der Waals surface area contributed by atoms with E-state index in [4.69, 9.17) is 15.2 Å². The number of nitrogens with two attached hydrogens (primary N) is 1. The molecule has 6 heteroatoms. The van der Waals surface area contributed by atoms with E-state index in [0.29, 0.717) is 26.4 Å². The number of hydrogen-bond donors (Lipinski definition) is 2. The Morgan fingerprint density at radius 2 is 1.76 bits per heavy atom. The van der Waals surface area contributed by atoms with Crippen molar-refractivity contribution in [3.63, 3.8) is 0 Å². The molecule has 1 heterocycles. The fourth-order valence-electron chi connectivity index (χ4n) is 3.75. The summed E-state index contributed by atoms with van der Waals surface area (Å²) < 4.78 is 11.2. The predicted octanol–water partition coefficient (Wildman–Crippen LogP) is 3.55. The van der Waals surface area contributed by atoms with Crippen LogP contribution in [0.5, 0.6) is 5.75 Å². The van der Waals surface area contributed by atoms with Crippen molar-refractivity contribution in [2.45, 2.75) is 37.6 Å². The fraction of sp³-hybridized carbons (Fsp3) is 0.435. The second kappa shape index (κ2) is 10.1. The normalized spacial score (nSPS) is 17.5. The lowest BCUT2D eigenvalue weighted by atomic mass is 9.74. The number of amides is 1. The van der Waals surface area contributed by atoms with E-state index >= 15 is 0 Å². The first kappa shape index (κ1) is 23.2. The fourth-order valence-corrected chi connectivity index (χ4v) is 3.75. The summed E-state index contributed by atoms with van der Waals surface area (Å²) in [6.45, 7) is 6.26. The van der Waals surface area contributed by atoms with Gasteiger partial charge in [-0.25, -0.2) is 0 Å². The van der Waals surface area contributed by atoms with Gasteiger partial charge in [-0.1, -0.05) is 42.5 Å². The standard InChI is InChI=1S/C23H30N2O3.ClH/c1-3-28-20-11-9-19(10-12-20)23(13-15-27-16-14-23)17-25-21(26)22(2,24)18-7-5-4-6-8-18;/h4-12H,3,13-17,24H2,1-2H3,(H,25,26);1H. The maximum atomic E-state index is 12.9. The second-order valence-corrected chi connectivity index (χ2v) is 7.60. The summed E-state index contributed by atoms with van der Waals surface area (Å²) in [6, 6.07) is 17.7. The summed E-state index contributed by atoms with van der Waals surface area (Å²) in [5.41, 5.74) is 7.13. The van der Waals surface area contributed by atoms with Crippen molar-refractivity contribution in [3.8, 4) is 5.75 Å². The van der Waals surface area contributed by atoms with Crippen LogP contribution >= 0.6 is 12.4 Å². The third-order valence-corrected chi connectivity index (χ3v) is 5.66. The van der Waals surface area contributed by atoms with Gasteiger partial charge in [0.2, 0.25) is 5.91 Å². The molecule has 1 fully saturated rings. The lowest BCUT2D eigenvalue weighted by molar-refractivity contribution is -0.126. The first-order valence-electron chi connectivity index (χ1n) is 9.92. The van der Waals surface area contributed by atoms with E-state index in [-0.39, 0.29) is 23.7 Å². The zero-order valence-electron chi connectivity index (χ0n) is 17.1. The number of carbonyl (C=O) groups excluding carboxylic acids is 1. The van der Waals surface area contributed by atoms with E-state index in [9.17, 15) is 4.79 Å². The molecule has 0 spiro atoms. The highest BCUT2D eigenvalue weighted by atomic mass is 35.5. The molecule has 0 aliphatic carbocycles. The molecular weight excluding hydrogens is 388 g/mol. The molecule has 1 saturated heterocycles. The van der Waals surface area contributed by atoms with Crippen LogP contribution in [0.25, 0.3) is 0 Å². The maximum absolute atomic E-state index is 12.9. The van der Waals surface area contributed by atoms with Crippen LogP contribution in [-0.4, -0.2) is 32.3 Å². The third kappa shape index (κ3) is 5.30. The lowest BCUT2D eigenvalue weighted by Gasteiger charge is -2.39. The summed E-state index contributed by atoms with van der Waals surface area (Å²) in [5.74, 6) is 0.687. The van der Waals surface area contributed by atoms with Crippen LogP contribution in [0.15, 0.2) is 54.6 Å². The van der Waals surface area contributed by atoms with Gasteiger partial charge in [0.15, 0.2) is 0 Å². The van der Waals surface area contributed by atoms with Crippen LogP contribution in [0, 0.1) is 0 Å². The predicted molar refractivity (Wildman–Crippen MR) is 118 cm³/mol. The van der Waals surface area contributed by atoms with Crippen molar-refractivity contribution in [1.29, 1.82) is 0 Å². The zero-order valence-corrected chi connectivity index (χ0v) is 18.0. The smallest absolute Gasteiger partial charge is 0.244 e. The summed E-state index contributed by atoms with van der Waals surface area (Å²) in [7, 11) is 0. The molecule has 5 nitrogen and oxygen atoms in total. The van der Waals surface area contributed by atoms with Gasteiger partial charge in [-0.15, -0.1) is 12.4 Å². The molecule has 0 saturated carbocycles. The SMILES string of the molecule is CCOc1ccc(C2(CNC(=O)C(C)(N)c3ccccc3)CCOCC2)cc1.Cl. The van der Waals surface area contributed by atoms with Crippen LogP contribution in [0.3, 0.4) is 0 Å². The molecule has 1 aliphatic heterocycles. The van der Waals surface area contributed by atoms with Gasteiger partial charge in [0.05, 0.1) is 6.61 Å². The van der Waals surface area contributed by atoms with E-state index < -0.39 is 5.54 Å². The quantitative estimate of drug-likeness (QED) is 0.721. The molecule has 158 valence electrons. The van der Waals surface area contributed by atoms with Gasteiger partial charge in [0, 0.05) is 25.2 Å². The first-order valence-corrected chi connectivity index (χ1v) is 9.92. The molecule has 2 aromatic carbocycles. The molecule has 0 bridgehead atoms. The number of hydrogen-bond acceptors (Lipinski definition) is 4. The van der Waals surface area contributed by atoms with Crippen LogP contribution < -0.4 is 15.8 Å². The van der Waals surface area contributed by atoms with Gasteiger partial charge in [-0.2, -0.15) is 0 Å². The molecule has 3 N–H and O–H groups in total. The van der Waals surface area contributed by atoms with Crippen molar-refractivity contribution < 1.29 is 14.3 Å². The average molecular weight is 419 g/mol. The Labute approximate surface area is 179 Å². The highest BCUT2D eigenvalue weighted by Crippen LogP contribution is 2.35. The minimum atomic E-state index is -1.08. The summed E-state index contributed by atoms with van der Waals surface area (Å²) >= 11 is 0. The minimum Gasteiger partial charge on any atom is -0.494 e. The molecular formula is C23H31ClN2O3. The summed E-state index contributed by atoms with van der Waals surface area (Å²) in [6.07, 6.45) is 1.71. The van der Waals surface area contributed by atoms with Gasteiger partial charge >= 0.3 is 0 Å². The van der Waals surface area contributed by atoms with Crippen LogP contribution in [0.4, 0.5) is 0 Å². The van der Waals surface area contributed by atoms with Crippen LogP contribution in [0.1, 0.15) is 37.8 Å². The number of nitrogens with one attached hydrogen (secondary N) is 1. The zero-order chi connectivity index (χ0) is 20.0. The Morgan fingerprint density at radius 1 is 1.14 bits per heavy atom. The van der Waals surface area contributed by atoms with E-state index in [2.05, 4.69) is 17.4 Å². The van der Waals surface area contributed by atoms with E-state index in [1.165, 1.54) is 5.56 Å². The highest BCUT2D eigenvalue weighted by Gasteiger charge is 2.37. The van der Waals surface area contributed by atoms with Crippen molar-refractivity contribution in [2.75, 3.05) is 26.4 Å². The number of benzene rings is 2. The van der Waals surface area contributed by atoms with E-state index in [1.807, 2.05) is 49.4 Å². The Kier molecular flexibility index (Phi) is 8.08. The summed E-state index contributed by atoms with van der Waals surface area (Å²) in [5, 5.41) is 3.12. The molecule has 1 amide bonds. The monoisotopic (exact) mass is 418 g/mol. The van der Waals surface area contributed by atoms with Crippen molar-refractivity contribution >= 4 is 18.3 Å². The molecule has 0 aromatic heterocycles. The third-order valence-electron chi connectivity index (χ3n) is 5.66. The Balaban J connectivity index is 0.00000300. The van der Waals surface area contributed by atoms with Crippen molar-refractivity contribution in [2.24, 2.45) is 5.73 Å². The first-order chi connectivity index (χ1) is 13.5. The van der Waals surface area contributed by atoms with Gasteiger partial charge in [0.1, 0.15) is 11.3 Å². The number of ether oxygens (including phenoxy) is 2. The lowest BCUT2D eigenvalue weighted by Crippen LogP contribution is -2.53. The maximum Gasteiger partial charge on any atom is 0.244 e. The second-order valence-electron chi connectivity index (χ2n) is 7.60. The molecule has 1 atom stereocenters. The van der Waals surface area contributed by atoms with Gasteiger partial charge in [-0.3, -0.25) is 4.79 Å². The Morgan fingerprint density at radius 3 is 2.34 bits per heavy atom. The van der Waals surface area contributed by atoms with Gasteiger partial charge in [-0.05, 0) is 49.9 Å².